The lowest BCUT2D eigenvalue weighted by molar-refractivity contribution is -0.0348. The highest BCUT2D eigenvalue weighted by Gasteiger charge is 2.41. The first-order valence-electron chi connectivity index (χ1n) is 5.79. The van der Waals surface area contributed by atoms with Crippen molar-refractivity contribution in [2.24, 2.45) is 0 Å². The van der Waals surface area contributed by atoms with Crippen LogP contribution in [0.3, 0.4) is 0 Å². The van der Waals surface area contributed by atoms with Crippen LogP contribution in [-0.4, -0.2) is 30.1 Å². The van der Waals surface area contributed by atoms with Crippen LogP contribution >= 0.6 is 15.9 Å². The van der Waals surface area contributed by atoms with Crippen molar-refractivity contribution in [3.8, 4) is 0 Å². The summed E-state index contributed by atoms with van der Waals surface area (Å²) in [5.74, 6) is 0. The van der Waals surface area contributed by atoms with E-state index in [2.05, 4.69) is 21.2 Å². The smallest absolute Gasteiger partial charge is 0.0708 e. The zero-order valence-corrected chi connectivity index (χ0v) is 10.3. The Morgan fingerprint density at radius 1 is 1.29 bits per heavy atom. The Hall–Kier alpha value is 0.400. The lowest BCUT2D eigenvalue weighted by atomic mass is 9.98. The normalized spacial score (nSPS) is 30.2. The zero-order valence-electron chi connectivity index (χ0n) is 8.73. The maximum absolute atomic E-state index is 6.18. The standard InChI is InChI=1S/C11H20BrNO/c12-7-8-13-9-10-3-6-11(14-10)4-1-2-5-11/h10,13H,1-9H2. The van der Waals surface area contributed by atoms with Crippen molar-refractivity contribution in [3.63, 3.8) is 0 Å². The fourth-order valence-corrected chi connectivity index (χ4v) is 3.04. The van der Waals surface area contributed by atoms with Crippen molar-refractivity contribution in [3.05, 3.63) is 0 Å². The third-order valence-electron chi connectivity index (χ3n) is 3.50. The number of alkyl halides is 1. The van der Waals surface area contributed by atoms with Crippen LogP contribution in [0, 0.1) is 0 Å². The highest BCUT2D eigenvalue weighted by Crippen LogP contribution is 2.42. The summed E-state index contributed by atoms with van der Waals surface area (Å²) in [7, 11) is 0. The van der Waals surface area contributed by atoms with E-state index < -0.39 is 0 Å². The molecular weight excluding hydrogens is 242 g/mol. The fraction of sp³-hybridized carbons (Fsp3) is 1.00. The SMILES string of the molecule is BrCCNCC1CCC2(CCCC2)O1. The first-order chi connectivity index (χ1) is 6.85. The number of nitrogens with one attached hydrogen (secondary N) is 1. The van der Waals surface area contributed by atoms with Gasteiger partial charge in [-0.2, -0.15) is 0 Å². The first-order valence-corrected chi connectivity index (χ1v) is 6.91. The van der Waals surface area contributed by atoms with Crippen molar-refractivity contribution < 1.29 is 4.74 Å². The number of hydrogen-bond acceptors (Lipinski definition) is 2. The molecule has 0 aromatic carbocycles. The van der Waals surface area contributed by atoms with Crippen molar-refractivity contribution in [1.29, 1.82) is 0 Å². The average Bonchev–Trinajstić information content (AvgIpc) is 2.79. The van der Waals surface area contributed by atoms with Crippen LogP contribution in [0.1, 0.15) is 38.5 Å². The summed E-state index contributed by atoms with van der Waals surface area (Å²) in [6, 6.07) is 0. The molecule has 0 radical (unpaired) electrons. The third kappa shape index (κ3) is 2.50. The number of halogens is 1. The summed E-state index contributed by atoms with van der Waals surface area (Å²) in [5.41, 5.74) is 0.306. The van der Waals surface area contributed by atoms with Gasteiger partial charge in [0.2, 0.25) is 0 Å². The van der Waals surface area contributed by atoms with E-state index in [-0.39, 0.29) is 0 Å². The Bertz CT molecular complexity index is 180. The van der Waals surface area contributed by atoms with E-state index in [4.69, 9.17) is 4.74 Å². The Morgan fingerprint density at radius 3 is 2.79 bits per heavy atom. The van der Waals surface area contributed by atoms with Crippen LogP contribution in [0.2, 0.25) is 0 Å². The molecular formula is C11H20BrNO. The van der Waals surface area contributed by atoms with Crippen molar-refractivity contribution >= 4 is 15.9 Å². The molecule has 0 aromatic rings. The van der Waals surface area contributed by atoms with Crippen LogP contribution in [0.15, 0.2) is 0 Å². The Morgan fingerprint density at radius 2 is 2.07 bits per heavy atom. The molecule has 82 valence electrons. The molecule has 2 nitrogen and oxygen atoms in total. The molecule has 1 unspecified atom stereocenters. The predicted molar refractivity (Wildman–Crippen MR) is 62.0 cm³/mol. The van der Waals surface area contributed by atoms with Gasteiger partial charge in [0.1, 0.15) is 0 Å². The molecule has 2 aliphatic rings. The minimum Gasteiger partial charge on any atom is -0.370 e. The molecule has 1 aliphatic heterocycles. The molecule has 2 fully saturated rings. The van der Waals surface area contributed by atoms with E-state index in [0.29, 0.717) is 11.7 Å². The van der Waals surface area contributed by atoms with Gasteiger partial charge in [0.25, 0.3) is 0 Å². The number of ether oxygens (including phenoxy) is 1. The van der Waals surface area contributed by atoms with Gasteiger partial charge >= 0.3 is 0 Å². The maximum Gasteiger partial charge on any atom is 0.0708 e. The topological polar surface area (TPSA) is 21.3 Å². The monoisotopic (exact) mass is 261 g/mol. The van der Waals surface area contributed by atoms with Gasteiger partial charge < -0.3 is 10.1 Å². The van der Waals surface area contributed by atoms with E-state index in [1.807, 2.05) is 0 Å². The Balaban J connectivity index is 1.71. The largest absolute Gasteiger partial charge is 0.370 e. The van der Waals surface area contributed by atoms with E-state index in [1.54, 1.807) is 0 Å². The summed E-state index contributed by atoms with van der Waals surface area (Å²) >= 11 is 3.42. The highest BCUT2D eigenvalue weighted by molar-refractivity contribution is 9.09. The second-order valence-corrected chi connectivity index (χ2v) is 5.35. The summed E-state index contributed by atoms with van der Waals surface area (Å²) in [5, 5.41) is 4.44. The van der Waals surface area contributed by atoms with E-state index in [0.717, 1.165) is 18.4 Å². The summed E-state index contributed by atoms with van der Waals surface area (Å²) < 4.78 is 6.18. The molecule has 0 bridgehead atoms. The van der Waals surface area contributed by atoms with Gasteiger partial charge in [-0.15, -0.1) is 0 Å². The molecule has 3 heteroatoms. The molecule has 1 heterocycles. The van der Waals surface area contributed by atoms with Crippen LogP contribution in [-0.2, 0) is 4.74 Å². The van der Waals surface area contributed by atoms with Crippen LogP contribution < -0.4 is 5.32 Å². The van der Waals surface area contributed by atoms with Crippen molar-refractivity contribution in [1.82, 2.24) is 5.32 Å². The molecule has 1 spiro atoms. The number of hydrogen-bond donors (Lipinski definition) is 1. The van der Waals surface area contributed by atoms with Gasteiger partial charge in [-0.3, -0.25) is 0 Å². The van der Waals surface area contributed by atoms with Crippen LogP contribution in [0.4, 0.5) is 0 Å². The van der Waals surface area contributed by atoms with Gasteiger partial charge in [0.15, 0.2) is 0 Å². The van der Waals surface area contributed by atoms with E-state index in [1.165, 1.54) is 38.5 Å². The second-order valence-electron chi connectivity index (χ2n) is 4.56. The molecule has 1 saturated carbocycles. The lowest BCUT2D eigenvalue weighted by Gasteiger charge is -2.23. The minimum atomic E-state index is 0.306. The molecule has 14 heavy (non-hydrogen) atoms. The zero-order chi connectivity index (χ0) is 9.86. The fourth-order valence-electron chi connectivity index (χ4n) is 2.76. The lowest BCUT2D eigenvalue weighted by Crippen LogP contribution is -2.31. The Kier molecular flexibility index (Phi) is 3.86. The molecule has 1 atom stereocenters. The van der Waals surface area contributed by atoms with E-state index >= 15 is 0 Å². The highest BCUT2D eigenvalue weighted by atomic mass is 79.9. The van der Waals surface area contributed by atoms with Crippen molar-refractivity contribution in [2.75, 3.05) is 18.4 Å². The van der Waals surface area contributed by atoms with Gasteiger partial charge in [0, 0.05) is 18.4 Å². The second kappa shape index (κ2) is 4.95. The predicted octanol–water partition coefficient (Wildman–Crippen LogP) is 2.46. The minimum absolute atomic E-state index is 0.306. The molecule has 1 N–H and O–H groups in total. The Labute approximate surface area is 94.9 Å². The van der Waals surface area contributed by atoms with Gasteiger partial charge in [-0.1, -0.05) is 28.8 Å². The van der Waals surface area contributed by atoms with Gasteiger partial charge in [0.05, 0.1) is 11.7 Å². The molecule has 1 saturated heterocycles. The van der Waals surface area contributed by atoms with Crippen LogP contribution in [0.5, 0.6) is 0 Å². The first kappa shape index (κ1) is 10.9. The summed E-state index contributed by atoms with van der Waals surface area (Å²) in [4.78, 5) is 0. The van der Waals surface area contributed by atoms with Crippen LogP contribution in [0.25, 0.3) is 0 Å². The summed E-state index contributed by atoms with van der Waals surface area (Å²) in [6.07, 6.45) is 8.41. The van der Waals surface area contributed by atoms with Gasteiger partial charge in [-0.25, -0.2) is 0 Å². The average molecular weight is 262 g/mol. The number of rotatable bonds is 4. The quantitative estimate of drug-likeness (QED) is 0.620. The van der Waals surface area contributed by atoms with Crippen molar-refractivity contribution in [2.45, 2.75) is 50.2 Å². The third-order valence-corrected chi connectivity index (χ3v) is 3.89. The van der Waals surface area contributed by atoms with Gasteiger partial charge in [-0.05, 0) is 25.7 Å². The van der Waals surface area contributed by atoms with E-state index in [9.17, 15) is 0 Å². The summed E-state index contributed by atoms with van der Waals surface area (Å²) in [6.45, 7) is 2.08. The maximum atomic E-state index is 6.18. The molecule has 0 aromatic heterocycles. The molecule has 0 amide bonds. The molecule has 2 rings (SSSR count). The molecule has 1 aliphatic carbocycles.